The van der Waals surface area contributed by atoms with Crippen LogP contribution in [-0.2, 0) is 9.09 Å². The summed E-state index contributed by atoms with van der Waals surface area (Å²) in [6, 6.07) is 0. The van der Waals surface area contributed by atoms with E-state index < -0.39 is 0 Å². The zero-order chi connectivity index (χ0) is 5.70. The second-order valence-electron chi connectivity index (χ2n) is 1.76. The van der Waals surface area contributed by atoms with Gasteiger partial charge in [0.1, 0.15) is 0 Å². The van der Waals surface area contributed by atoms with Crippen LogP contribution in [-0.4, -0.2) is 29.7 Å². The second-order valence-corrected chi connectivity index (χ2v) is 2.17. The van der Waals surface area contributed by atoms with E-state index in [4.69, 9.17) is 0 Å². The summed E-state index contributed by atoms with van der Waals surface area (Å²) in [4.78, 5) is 0. The Morgan fingerprint density at radius 2 is 2.25 bits per heavy atom. The van der Waals surface area contributed by atoms with Crippen molar-refractivity contribution in [3.63, 3.8) is 0 Å². The molecule has 2 nitrogen and oxygen atoms in total. The second kappa shape index (κ2) is 7.83. The fourth-order valence-corrected chi connectivity index (χ4v) is 0.539. The molecular formula is C4H11MgO2P. The van der Waals surface area contributed by atoms with Gasteiger partial charge in [-0.3, -0.25) is 4.52 Å². The molecule has 4 heteroatoms. The van der Waals surface area contributed by atoms with Crippen molar-refractivity contribution in [3.8, 4) is 0 Å². The van der Waals surface area contributed by atoms with E-state index in [-0.39, 0.29) is 34.6 Å². The van der Waals surface area contributed by atoms with Crippen molar-refractivity contribution in [1.29, 1.82) is 0 Å². The van der Waals surface area contributed by atoms with Gasteiger partial charge >= 0.3 is 31.7 Å². The molecule has 0 aliphatic carbocycles. The first-order valence-corrected chi connectivity index (χ1v) is 2.95. The van der Waals surface area contributed by atoms with Crippen LogP contribution in [0.25, 0.3) is 0 Å². The minimum absolute atomic E-state index is 0. The molecule has 0 radical (unpaired) electrons. The first kappa shape index (κ1) is 11.6. The smallest absolute Gasteiger partial charge is 1.00 e. The fraction of sp³-hybridized carbons (Fsp3) is 1.00. The normalized spacial score (nSPS) is 9.38. The van der Waals surface area contributed by atoms with Crippen LogP contribution in [0.3, 0.4) is 0 Å². The Morgan fingerprint density at radius 3 is 2.38 bits per heavy atom. The average Bonchev–Trinajstić information content (AvgIpc) is 1.61. The van der Waals surface area contributed by atoms with Crippen LogP contribution < -0.4 is 0 Å². The third-order valence-corrected chi connectivity index (χ3v) is 0.715. The zero-order valence-corrected chi connectivity index (χ0v) is 7.56. The van der Waals surface area contributed by atoms with Gasteiger partial charge in [0.05, 0.1) is 6.61 Å². The molecule has 0 fully saturated rings. The third-order valence-electron chi connectivity index (χ3n) is 0.461. The number of rotatable bonds is 3. The molecule has 0 aliphatic rings. The average molecular weight is 146 g/mol. The zero-order valence-electron chi connectivity index (χ0n) is 7.26. The number of hydrogen-bond acceptors (Lipinski definition) is 2. The van der Waals surface area contributed by atoms with Crippen LogP contribution in [0.1, 0.15) is 16.7 Å². The van der Waals surface area contributed by atoms with Gasteiger partial charge in [0.25, 0.3) is 0 Å². The summed E-state index contributed by atoms with van der Waals surface area (Å²) in [5.41, 5.74) is 0. The summed E-state index contributed by atoms with van der Waals surface area (Å²) < 4.78 is 14.1. The Morgan fingerprint density at radius 1 is 1.75 bits per heavy atom. The first-order chi connectivity index (χ1) is 3.27. The SMILES string of the molecule is CC(C)COP=O.[H-].[H-].[Mg+2]. The molecule has 0 spiro atoms. The Labute approximate surface area is 70.4 Å². The minimum atomic E-state index is -0.210. The summed E-state index contributed by atoms with van der Waals surface area (Å²) in [6.45, 7) is 4.58. The predicted octanol–water partition coefficient (Wildman–Crippen LogP) is 1.71. The fourth-order valence-electron chi connectivity index (χ4n) is 0.180. The van der Waals surface area contributed by atoms with Gasteiger partial charge in [-0.2, -0.15) is 0 Å². The van der Waals surface area contributed by atoms with Crippen LogP contribution in [0.5, 0.6) is 0 Å². The van der Waals surface area contributed by atoms with Crippen molar-refractivity contribution in [2.75, 3.05) is 6.61 Å². The molecule has 0 aromatic carbocycles. The Bertz CT molecular complexity index is 65.2. The van der Waals surface area contributed by atoms with E-state index >= 15 is 0 Å². The van der Waals surface area contributed by atoms with Crippen molar-refractivity contribution >= 4 is 31.7 Å². The first-order valence-electron chi connectivity index (χ1n) is 2.22. The van der Waals surface area contributed by atoms with Crippen molar-refractivity contribution in [1.82, 2.24) is 0 Å². The van der Waals surface area contributed by atoms with Crippen molar-refractivity contribution in [2.24, 2.45) is 5.92 Å². The molecule has 0 heterocycles. The van der Waals surface area contributed by atoms with Crippen LogP contribution in [0, 0.1) is 5.92 Å². The molecular weight excluding hydrogens is 135 g/mol. The van der Waals surface area contributed by atoms with E-state index in [0.29, 0.717) is 12.5 Å². The Hall–Kier alpha value is 0.826. The van der Waals surface area contributed by atoms with E-state index in [0.717, 1.165) is 0 Å². The molecule has 0 amide bonds. The molecule has 8 heavy (non-hydrogen) atoms. The van der Waals surface area contributed by atoms with Gasteiger partial charge in [-0.15, -0.1) is 0 Å². The van der Waals surface area contributed by atoms with Crippen LogP contribution >= 0.6 is 8.69 Å². The molecule has 0 rings (SSSR count). The van der Waals surface area contributed by atoms with E-state index in [1.54, 1.807) is 0 Å². The van der Waals surface area contributed by atoms with Gasteiger partial charge in [-0.1, -0.05) is 13.8 Å². The predicted molar refractivity (Wildman–Crippen MR) is 36.4 cm³/mol. The maximum absolute atomic E-state index is 9.58. The van der Waals surface area contributed by atoms with E-state index in [1.165, 1.54) is 0 Å². The van der Waals surface area contributed by atoms with E-state index in [2.05, 4.69) is 4.52 Å². The molecule has 0 atom stereocenters. The van der Waals surface area contributed by atoms with Crippen molar-refractivity contribution in [3.05, 3.63) is 0 Å². The molecule has 0 unspecified atom stereocenters. The van der Waals surface area contributed by atoms with Gasteiger partial charge in [0.2, 0.25) is 0 Å². The molecule has 0 aromatic heterocycles. The van der Waals surface area contributed by atoms with Gasteiger partial charge < -0.3 is 2.85 Å². The topological polar surface area (TPSA) is 26.3 Å². The van der Waals surface area contributed by atoms with Gasteiger partial charge in [-0.05, 0) is 5.92 Å². The maximum Gasteiger partial charge on any atom is 2.00 e. The molecule has 0 aromatic rings. The standard InChI is InChI=1S/C4H9O2P.Mg.2H/c1-4(2)3-6-7-5;;;/h4H,3H2,1-2H3;;;/q;+2;2*-1. The molecule has 0 saturated carbocycles. The van der Waals surface area contributed by atoms with Gasteiger partial charge in [-0.25, -0.2) is 4.57 Å². The molecule has 0 saturated heterocycles. The number of hydrogen-bond donors (Lipinski definition) is 0. The van der Waals surface area contributed by atoms with E-state index in [9.17, 15) is 4.57 Å². The van der Waals surface area contributed by atoms with Crippen LogP contribution in [0.15, 0.2) is 0 Å². The summed E-state index contributed by atoms with van der Waals surface area (Å²) in [5, 5.41) is 0. The van der Waals surface area contributed by atoms with Crippen molar-refractivity contribution < 1.29 is 11.9 Å². The summed E-state index contributed by atoms with van der Waals surface area (Å²) >= 11 is 0. The summed E-state index contributed by atoms with van der Waals surface area (Å²) in [6.07, 6.45) is 0. The summed E-state index contributed by atoms with van der Waals surface area (Å²) in [5.74, 6) is 0.474. The molecule has 46 valence electrons. The van der Waals surface area contributed by atoms with Gasteiger partial charge in [0.15, 0.2) is 0 Å². The monoisotopic (exact) mass is 146 g/mol. The van der Waals surface area contributed by atoms with Gasteiger partial charge in [0, 0.05) is 0 Å². The third kappa shape index (κ3) is 9.95. The van der Waals surface area contributed by atoms with E-state index in [1.807, 2.05) is 13.8 Å². The quantitative estimate of drug-likeness (QED) is 0.448. The molecule has 0 aliphatic heterocycles. The largest absolute Gasteiger partial charge is 2.00 e. The Kier molecular flexibility index (Phi) is 11.3. The van der Waals surface area contributed by atoms with Crippen LogP contribution in [0.4, 0.5) is 0 Å². The van der Waals surface area contributed by atoms with Crippen molar-refractivity contribution in [2.45, 2.75) is 13.8 Å². The minimum Gasteiger partial charge on any atom is -1.00 e. The Balaban J connectivity index is -0.0000000600. The van der Waals surface area contributed by atoms with Crippen LogP contribution in [0.2, 0.25) is 0 Å². The molecule has 0 bridgehead atoms. The molecule has 0 N–H and O–H groups in total. The summed E-state index contributed by atoms with van der Waals surface area (Å²) in [7, 11) is -0.210. The maximum atomic E-state index is 9.58.